The Bertz CT molecular complexity index is 1200. The second-order valence-corrected chi connectivity index (χ2v) is 7.97. The molecule has 0 radical (unpaired) electrons. The van der Waals surface area contributed by atoms with Crippen LogP contribution >= 0.6 is 34.8 Å². The second-order valence-electron chi connectivity index (χ2n) is 6.69. The summed E-state index contributed by atoms with van der Waals surface area (Å²) in [6, 6.07) is 15.9. The highest BCUT2D eigenvalue weighted by molar-refractivity contribution is 6.36. The Morgan fingerprint density at radius 2 is 1.65 bits per heavy atom. The van der Waals surface area contributed by atoms with Crippen LogP contribution in [0, 0.1) is 0 Å². The Kier molecular flexibility index (Phi) is 9.16. The van der Waals surface area contributed by atoms with Crippen molar-refractivity contribution >= 4 is 52.9 Å². The average Bonchev–Trinajstić information content (AvgIpc) is 2.80. The van der Waals surface area contributed by atoms with Crippen molar-refractivity contribution in [1.82, 2.24) is 5.43 Å². The zero-order valence-electron chi connectivity index (χ0n) is 17.9. The average molecular weight is 522 g/mol. The molecule has 0 saturated carbocycles. The number of hydrazone groups is 1. The Labute approximate surface area is 211 Å². The number of esters is 1. The van der Waals surface area contributed by atoms with Gasteiger partial charge in [-0.15, -0.1) is 0 Å². The van der Waals surface area contributed by atoms with E-state index < -0.39 is 11.9 Å². The molecule has 0 spiro atoms. The maximum atomic E-state index is 12.5. The first kappa shape index (κ1) is 25.4. The van der Waals surface area contributed by atoms with E-state index >= 15 is 0 Å². The third-order valence-corrected chi connectivity index (χ3v) is 5.01. The molecule has 34 heavy (non-hydrogen) atoms. The molecule has 1 N–H and O–H groups in total. The van der Waals surface area contributed by atoms with E-state index in [9.17, 15) is 9.59 Å². The first-order valence-electron chi connectivity index (χ1n) is 10.00. The highest BCUT2D eigenvalue weighted by Crippen LogP contribution is 2.30. The van der Waals surface area contributed by atoms with Crippen LogP contribution in [0.4, 0.5) is 0 Å². The molecule has 176 valence electrons. The van der Waals surface area contributed by atoms with E-state index in [1.165, 1.54) is 18.3 Å². The first-order chi connectivity index (χ1) is 16.4. The molecule has 7 nitrogen and oxygen atoms in total. The van der Waals surface area contributed by atoms with Gasteiger partial charge in [0.2, 0.25) is 0 Å². The lowest BCUT2D eigenvalue weighted by molar-refractivity contribution is -0.123. The summed E-state index contributed by atoms with van der Waals surface area (Å²) in [4.78, 5) is 24.4. The number of rotatable bonds is 9. The van der Waals surface area contributed by atoms with Crippen molar-refractivity contribution in [3.05, 3.63) is 86.9 Å². The van der Waals surface area contributed by atoms with E-state index in [1.54, 1.807) is 55.5 Å². The minimum absolute atomic E-state index is 0.169. The van der Waals surface area contributed by atoms with E-state index in [2.05, 4.69) is 10.5 Å². The maximum absolute atomic E-state index is 12.5. The van der Waals surface area contributed by atoms with Gasteiger partial charge in [-0.25, -0.2) is 10.2 Å². The van der Waals surface area contributed by atoms with Crippen LogP contribution < -0.4 is 19.6 Å². The minimum atomic E-state index is -0.656. The van der Waals surface area contributed by atoms with Gasteiger partial charge in [-0.2, -0.15) is 5.10 Å². The van der Waals surface area contributed by atoms with Gasteiger partial charge in [0, 0.05) is 10.0 Å². The highest BCUT2D eigenvalue weighted by atomic mass is 35.5. The number of nitrogens with one attached hydrogen (secondary N) is 1. The molecule has 0 bridgehead atoms. The Hall–Kier alpha value is -3.26. The molecular weight excluding hydrogens is 503 g/mol. The third-order valence-electron chi connectivity index (χ3n) is 4.21. The fourth-order valence-corrected chi connectivity index (χ4v) is 3.27. The molecule has 3 aromatic rings. The van der Waals surface area contributed by atoms with Crippen LogP contribution in [0.25, 0.3) is 0 Å². The van der Waals surface area contributed by atoms with Crippen LogP contribution in [-0.2, 0) is 4.79 Å². The molecule has 0 fully saturated rings. The number of carbonyl (C=O) groups excluding carboxylic acids is 2. The zero-order chi connectivity index (χ0) is 24.5. The number of carbonyl (C=O) groups is 2. The smallest absolute Gasteiger partial charge is 0.345 e. The Balaban J connectivity index is 1.61. The molecule has 3 aromatic carbocycles. The predicted molar refractivity (Wildman–Crippen MR) is 132 cm³/mol. The van der Waals surface area contributed by atoms with Gasteiger partial charge in [0.05, 0.1) is 23.4 Å². The topological polar surface area (TPSA) is 86.2 Å². The van der Waals surface area contributed by atoms with E-state index in [0.717, 1.165) is 0 Å². The van der Waals surface area contributed by atoms with Gasteiger partial charge in [-0.3, -0.25) is 4.79 Å². The van der Waals surface area contributed by atoms with Gasteiger partial charge in [-0.1, -0.05) is 34.8 Å². The van der Waals surface area contributed by atoms with E-state index in [0.29, 0.717) is 33.7 Å². The van der Waals surface area contributed by atoms with E-state index in [-0.39, 0.29) is 22.9 Å². The van der Waals surface area contributed by atoms with E-state index in [4.69, 9.17) is 49.0 Å². The van der Waals surface area contributed by atoms with E-state index in [1.807, 2.05) is 0 Å². The molecule has 0 aliphatic rings. The summed E-state index contributed by atoms with van der Waals surface area (Å²) < 4.78 is 16.4. The number of amides is 1. The van der Waals surface area contributed by atoms with Crippen LogP contribution in [0.3, 0.4) is 0 Å². The minimum Gasteiger partial charge on any atom is -0.490 e. The maximum Gasteiger partial charge on any atom is 0.345 e. The van der Waals surface area contributed by atoms with Crippen LogP contribution in [0.15, 0.2) is 65.8 Å². The lowest BCUT2D eigenvalue weighted by Crippen LogP contribution is -2.24. The summed E-state index contributed by atoms with van der Waals surface area (Å²) in [6.45, 7) is 1.92. The van der Waals surface area contributed by atoms with Crippen LogP contribution in [0.1, 0.15) is 22.8 Å². The van der Waals surface area contributed by atoms with Crippen molar-refractivity contribution in [2.75, 3.05) is 13.2 Å². The molecular formula is C24H19Cl3N2O5. The van der Waals surface area contributed by atoms with Gasteiger partial charge in [0.1, 0.15) is 5.75 Å². The SMILES string of the molecule is CCOc1cc(/C=N/NC(=O)COc2ccc(Cl)cc2)ccc1OC(=O)c1ccc(Cl)cc1Cl. The normalized spacial score (nSPS) is 10.7. The molecule has 3 rings (SSSR count). The van der Waals surface area contributed by atoms with Crippen molar-refractivity contribution in [3.63, 3.8) is 0 Å². The number of hydrogen-bond acceptors (Lipinski definition) is 6. The summed E-state index contributed by atoms with van der Waals surface area (Å²) in [7, 11) is 0. The predicted octanol–water partition coefficient (Wildman–Crippen LogP) is 5.79. The summed E-state index contributed by atoms with van der Waals surface area (Å²) in [6.07, 6.45) is 1.42. The van der Waals surface area contributed by atoms with Gasteiger partial charge in [0.25, 0.3) is 5.91 Å². The Morgan fingerprint density at radius 3 is 2.35 bits per heavy atom. The summed E-state index contributed by atoms with van der Waals surface area (Å²) in [5.74, 6) is -0.0637. The highest BCUT2D eigenvalue weighted by Gasteiger charge is 2.16. The van der Waals surface area contributed by atoms with Gasteiger partial charge in [-0.05, 0) is 73.2 Å². The molecule has 0 heterocycles. The van der Waals surface area contributed by atoms with Crippen LogP contribution in [0.2, 0.25) is 15.1 Å². The Morgan fingerprint density at radius 1 is 0.912 bits per heavy atom. The third kappa shape index (κ3) is 7.38. The molecule has 0 aliphatic carbocycles. The molecule has 0 aliphatic heterocycles. The second kappa shape index (κ2) is 12.3. The summed E-state index contributed by atoms with van der Waals surface area (Å²) in [5.41, 5.74) is 3.14. The molecule has 0 unspecified atom stereocenters. The van der Waals surface area contributed by atoms with Gasteiger partial charge >= 0.3 is 5.97 Å². The number of benzene rings is 3. The summed E-state index contributed by atoms with van der Waals surface area (Å²) in [5, 5.41) is 5.06. The molecule has 0 saturated heterocycles. The van der Waals surface area contributed by atoms with Crippen molar-refractivity contribution in [3.8, 4) is 17.2 Å². The molecule has 0 atom stereocenters. The number of hydrogen-bond donors (Lipinski definition) is 1. The monoisotopic (exact) mass is 520 g/mol. The van der Waals surface area contributed by atoms with Crippen molar-refractivity contribution in [1.29, 1.82) is 0 Å². The fraction of sp³-hybridized carbons (Fsp3) is 0.125. The van der Waals surface area contributed by atoms with Crippen molar-refractivity contribution in [2.24, 2.45) is 5.10 Å². The lowest BCUT2D eigenvalue weighted by Gasteiger charge is -2.12. The van der Waals surface area contributed by atoms with Gasteiger partial charge < -0.3 is 14.2 Å². The standard InChI is InChI=1S/C24H19Cl3N2O5/c1-2-32-22-11-15(13-28-29-23(30)14-33-18-7-4-16(25)5-8-18)3-10-21(22)34-24(31)19-9-6-17(26)12-20(19)27/h3-13H,2,14H2,1H3,(H,29,30)/b28-13+. The lowest BCUT2D eigenvalue weighted by atomic mass is 10.2. The summed E-state index contributed by atoms with van der Waals surface area (Å²) >= 11 is 17.8. The van der Waals surface area contributed by atoms with Crippen molar-refractivity contribution in [2.45, 2.75) is 6.92 Å². The molecule has 1 amide bonds. The van der Waals surface area contributed by atoms with Crippen LogP contribution in [-0.4, -0.2) is 31.3 Å². The zero-order valence-corrected chi connectivity index (χ0v) is 20.2. The first-order valence-corrected chi connectivity index (χ1v) is 11.1. The quantitative estimate of drug-likeness (QED) is 0.167. The molecule has 0 aromatic heterocycles. The number of halogens is 3. The molecule has 10 heteroatoms. The largest absolute Gasteiger partial charge is 0.490 e. The fourth-order valence-electron chi connectivity index (χ4n) is 2.66. The number of nitrogens with zero attached hydrogens (tertiary/aromatic N) is 1. The number of ether oxygens (including phenoxy) is 3. The van der Waals surface area contributed by atoms with Crippen LogP contribution in [0.5, 0.6) is 17.2 Å². The van der Waals surface area contributed by atoms with Gasteiger partial charge in [0.15, 0.2) is 18.1 Å². The van der Waals surface area contributed by atoms with Crippen molar-refractivity contribution < 1.29 is 23.8 Å².